The summed E-state index contributed by atoms with van der Waals surface area (Å²) in [5, 5.41) is 8.97. The molecule has 104 valence electrons. The fraction of sp³-hybridized carbons (Fsp3) is 0.533. The predicted octanol–water partition coefficient (Wildman–Crippen LogP) is 2.85. The van der Waals surface area contributed by atoms with Crippen LogP contribution in [0, 0.1) is 5.92 Å². The van der Waals surface area contributed by atoms with E-state index in [4.69, 9.17) is 14.6 Å². The third-order valence-corrected chi connectivity index (χ3v) is 3.37. The molecule has 2 rings (SSSR count). The lowest BCUT2D eigenvalue weighted by Crippen LogP contribution is -2.21. The number of hydrogen-bond acceptors (Lipinski definition) is 3. The van der Waals surface area contributed by atoms with Crippen LogP contribution in [0.15, 0.2) is 18.2 Å². The van der Waals surface area contributed by atoms with Gasteiger partial charge in [-0.15, -0.1) is 0 Å². The van der Waals surface area contributed by atoms with Crippen LogP contribution in [0.5, 0.6) is 11.5 Å². The van der Waals surface area contributed by atoms with Crippen LogP contribution in [0.1, 0.15) is 32.8 Å². The van der Waals surface area contributed by atoms with Crippen LogP contribution in [0.2, 0.25) is 0 Å². The molecule has 1 unspecified atom stereocenters. The Kier molecular flexibility index (Phi) is 3.69. The van der Waals surface area contributed by atoms with Gasteiger partial charge >= 0.3 is 5.97 Å². The molecule has 1 aliphatic rings. The lowest BCUT2D eigenvalue weighted by molar-refractivity contribution is -0.138. The Morgan fingerprint density at radius 2 is 1.95 bits per heavy atom. The second-order valence-corrected chi connectivity index (χ2v) is 5.84. The first-order valence-corrected chi connectivity index (χ1v) is 6.50. The maximum atomic E-state index is 10.9. The molecule has 4 nitrogen and oxygen atoms in total. The molecule has 1 N–H and O–H groups in total. The average Bonchev–Trinajstić information content (AvgIpc) is 2.50. The Bertz CT molecular complexity index is 479. The summed E-state index contributed by atoms with van der Waals surface area (Å²) in [6.07, 6.45) is 0.0864. The second kappa shape index (κ2) is 5.11. The molecule has 0 amide bonds. The van der Waals surface area contributed by atoms with Crippen molar-refractivity contribution >= 4 is 5.97 Å². The van der Waals surface area contributed by atoms with Crippen LogP contribution in [-0.4, -0.2) is 24.3 Å². The van der Waals surface area contributed by atoms with Gasteiger partial charge in [-0.2, -0.15) is 0 Å². The topological polar surface area (TPSA) is 55.8 Å². The van der Waals surface area contributed by atoms with Crippen molar-refractivity contribution in [3.63, 3.8) is 0 Å². The zero-order chi connectivity index (χ0) is 14.0. The predicted molar refractivity (Wildman–Crippen MR) is 71.9 cm³/mol. The minimum absolute atomic E-state index is 0.0864. The van der Waals surface area contributed by atoms with Crippen molar-refractivity contribution in [1.82, 2.24) is 0 Å². The van der Waals surface area contributed by atoms with Gasteiger partial charge in [0.15, 0.2) is 11.5 Å². The first kappa shape index (κ1) is 13.7. The van der Waals surface area contributed by atoms with Crippen molar-refractivity contribution in [3.05, 3.63) is 23.8 Å². The molecular formula is C15H20O4. The van der Waals surface area contributed by atoms with Crippen molar-refractivity contribution in [2.45, 2.75) is 32.6 Å². The number of hydrogen-bond donors (Lipinski definition) is 1. The first-order chi connectivity index (χ1) is 8.88. The Hall–Kier alpha value is -1.71. The van der Waals surface area contributed by atoms with Crippen LogP contribution in [0.4, 0.5) is 0 Å². The smallest absolute Gasteiger partial charge is 0.304 e. The first-order valence-electron chi connectivity index (χ1n) is 6.50. The summed E-state index contributed by atoms with van der Waals surface area (Å²) < 4.78 is 11.4. The zero-order valence-corrected chi connectivity index (χ0v) is 11.6. The second-order valence-electron chi connectivity index (χ2n) is 5.84. The molecule has 19 heavy (non-hydrogen) atoms. The highest BCUT2D eigenvalue weighted by Gasteiger charge is 2.26. The maximum absolute atomic E-state index is 10.9. The SMILES string of the molecule is CC1COc2ccc(C(C)(C)CC(=O)O)cc2OC1. The molecule has 0 spiro atoms. The Morgan fingerprint density at radius 3 is 2.58 bits per heavy atom. The molecule has 0 fully saturated rings. The minimum Gasteiger partial charge on any atom is -0.489 e. The van der Waals surface area contributed by atoms with Gasteiger partial charge < -0.3 is 14.6 Å². The van der Waals surface area contributed by atoms with E-state index in [0.717, 1.165) is 11.3 Å². The van der Waals surface area contributed by atoms with E-state index < -0.39 is 11.4 Å². The van der Waals surface area contributed by atoms with Gasteiger partial charge in [-0.25, -0.2) is 0 Å². The van der Waals surface area contributed by atoms with Crippen molar-refractivity contribution < 1.29 is 19.4 Å². The van der Waals surface area contributed by atoms with E-state index in [1.54, 1.807) is 0 Å². The summed E-state index contributed by atoms with van der Waals surface area (Å²) in [6.45, 7) is 7.17. The molecule has 0 saturated heterocycles. The van der Waals surface area contributed by atoms with Crippen molar-refractivity contribution in [3.8, 4) is 11.5 Å². The highest BCUT2D eigenvalue weighted by molar-refractivity contribution is 5.69. The summed E-state index contributed by atoms with van der Waals surface area (Å²) in [5.41, 5.74) is 0.522. The molecule has 4 heteroatoms. The molecule has 0 bridgehead atoms. The third-order valence-electron chi connectivity index (χ3n) is 3.37. The summed E-state index contributed by atoms with van der Waals surface area (Å²) in [6, 6.07) is 5.68. The number of carboxylic acid groups (broad SMARTS) is 1. The van der Waals surface area contributed by atoms with Crippen molar-refractivity contribution in [2.24, 2.45) is 5.92 Å². The normalized spacial score (nSPS) is 18.8. The summed E-state index contributed by atoms with van der Waals surface area (Å²) in [5.74, 6) is 0.994. The van der Waals surface area contributed by atoms with Crippen LogP contribution in [0.25, 0.3) is 0 Å². The Labute approximate surface area is 113 Å². The van der Waals surface area contributed by atoms with Gasteiger partial charge in [-0.05, 0) is 17.7 Å². The Morgan fingerprint density at radius 1 is 1.32 bits per heavy atom. The van der Waals surface area contributed by atoms with E-state index in [-0.39, 0.29) is 6.42 Å². The molecule has 0 saturated carbocycles. The fourth-order valence-corrected chi connectivity index (χ4v) is 2.15. The molecule has 0 aliphatic carbocycles. The molecule has 1 heterocycles. The van der Waals surface area contributed by atoms with E-state index in [0.29, 0.717) is 24.9 Å². The standard InChI is InChI=1S/C15H20O4/c1-10-8-18-12-5-4-11(6-13(12)19-9-10)15(2,3)7-14(16)17/h4-6,10H,7-9H2,1-3H3,(H,16,17). The summed E-state index contributed by atoms with van der Waals surface area (Å²) in [7, 11) is 0. The van der Waals surface area contributed by atoms with Gasteiger partial charge in [0.05, 0.1) is 19.6 Å². The number of rotatable bonds is 3. The molecule has 1 aromatic carbocycles. The van der Waals surface area contributed by atoms with E-state index in [1.807, 2.05) is 32.0 Å². The molecule has 1 atom stereocenters. The number of ether oxygens (including phenoxy) is 2. The molecule has 0 aromatic heterocycles. The number of carboxylic acids is 1. The fourth-order valence-electron chi connectivity index (χ4n) is 2.15. The number of carbonyl (C=O) groups is 1. The van der Waals surface area contributed by atoms with Gasteiger partial charge in [0.25, 0.3) is 0 Å². The van der Waals surface area contributed by atoms with Crippen molar-refractivity contribution in [1.29, 1.82) is 0 Å². The molecule has 1 aliphatic heterocycles. The minimum atomic E-state index is -0.800. The summed E-state index contributed by atoms with van der Waals surface area (Å²) >= 11 is 0. The molecule has 1 aromatic rings. The van der Waals surface area contributed by atoms with E-state index in [1.165, 1.54) is 0 Å². The molecular weight excluding hydrogens is 244 g/mol. The van der Waals surface area contributed by atoms with Crippen LogP contribution in [-0.2, 0) is 10.2 Å². The van der Waals surface area contributed by atoms with E-state index in [9.17, 15) is 4.79 Å². The van der Waals surface area contributed by atoms with Gasteiger partial charge in [-0.1, -0.05) is 26.8 Å². The zero-order valence-electron chi connectivity index (χ0n) is 11.6. The average molecular weight is 264 g/mol. The Balaban J connectivity index is 2.28. The number of benzene rings is 1. The lowest BCUT2D eigenvalue weighted by Gasteiger charge is -2.24. The van der Waals surface area contributed by atoms with Crippen LogP contribution in [0.3, 0.4) is 0 Å². The van der Waals surface area contributed by atoms with E-state index in [2.05, 4.69) is 6.92 Å². The number of fused-ring (bicyclic) bond motifs is 1. The highest BCUT2D eigenvalue weighted by Crippen LogP contribution is 2.36. The van der Waals surface area contributed by atoms with Gasteiger partial charge in [-0.3, -0.25) is 4.79 Å². The highest BCUT2D eigenvalue weighted by atomic mass is 16.5. The van der Waals surface area contributed by atoms with Crippen LogP contribution < -0.4 is 9.47 Å². The van der Waals surface area contributed by atoms with Crippen molar-refractivity contribution in [2.75, 3.05) is 13.2 Å². The molecule has 0 radical (unpaired) electrons. The maximum Gasteiger partial charge on any atom is 0.304 e. The monoisotopic (exact) mass is 264 g/mol. The third kappa shape index (κ3) is 3.19. The summed E-state index contributed by atoms with van der Waals surface area (Å²) in [4.78, 5) is 10.9. The van der Waals surface area contributed by atoms with E-state index >= 15 is 0 Å². The van der Waals surface area contributed by atoms with Gasteiger partial charge in [0.1, 0.15) is 0 Å². The number of aliphatic carboxylic acids is 1. The lowest BCUT2D eigenvalue weighted by atomic mass is 9.81. The quantitative estimate of drug-likeness (QED) is 0.912. The van der Waals surface area contributed by atoms with Gasteiger partial charge in [0.2, 0.25) is 0 Å². The van der Waals surface area contributed by atoms with Crippen LogP contribution >= 0.6 is 0 Å². The largest absolute Gasteiger partial charge is 0.489 e. The van der Waals surface area contributed by atoms with Gasteiger partial charge in [0, 0.05) is 11.3 Å².